The van der Waals surface area contributed by atoms with Crippen LogP contribution in [-0.4, -0.2) is 33.7 Å². The second-order valence-corrected chi connectivity index (χ2v) is 6.70. The summed E-state index contributed by atoms with van der Waals surface area (Å²) in [5.74, 6) is 0.908. The highest BCUT2D eigenvalue weighted by Gasteiger charge is 2.61. The molecule has 0 aliphatic heterocycles. The number of hydrogen-bond donors (Lipinski definition) is 2. The molecule has 2 bridgehead atoms. The van der Waals surface area contributed by atoms with Gasteiger partial charge in [-0.3, -0.25) is 4.99 Å². The van der Waals surface area contributed by atoms with E-state index in [1.54, 1.807) is 0 Å². The lowest BCUT2D eigenvalue weighted by Crippen LogP contribution is -2.65. The highest BCUT2D eigenvalue weighted by atomic mass is 16.3. The molecule has 0 spiro atoms. The standard InChI is InChI=1S/C15H25NO2/c1-6-11(17)9(2)16-13-8-10-7-12(14(10,3)4)15(13,5)18/h6,9-12,17-18H,1,7-8H2,2-5H3/b16-13-/t9-,10?,11+,12?,15+/m0/s1. The van der Waals surface area contributed by atoms with Crippen LogP contribution in [0, 0.1) is 17.3 Å². The smallest absolute Gasteiger partial charge is 0.103 e. The molecule has 0 aromatic heterocycles. The molecule has 18 heavy (non-hydrogen) atoms. The number of aliphatic hydroxyl groups is 2. The summed E-state index contributed by atoms with van der Waals surface area (Å²) >= 11 is 0. The lowest BCUT2D eigenvalue weighted by Gasteiger charge is -2.62. The van der Waals surface area contributed by atoms with E-state index >= 15 is 0 Å². The summed E-state index contributed by atoms with van der Waals surface area (Å²) in [7, 11) is 0. The van der Waals surface area contributed by atoms with Crippen molar-refractivity contribution in [1.82, 2.24) is 0 Å². The molecule has 0 heterocycles. The van der Waals surface area contributed by atoms with Crippen LogP contribution in [0.5, 0.6) is 0 Å². The zero-order valence-electron chi connectivity index (χ0n) is 11.8. The number of hydrogen-bond acceptors (Lipinski definition) is 3. The van der Waals surface area contributed by atoms with Crippen LogP contribution in [0.4, 0.5) is 0 Å². The third-order valence-electron chi connectivity index (χ3n) is 5.27. The van der Waals surface area contributed by atoms with Gasteiger partial charge in [0.25, 0.3) is 0 Å². The summed E-state index contributed by atoms with van der Waals surface area (Å²) in [4.78, 5) is 4.55. The molecule has 2 N–H and O–H groups in total. The van der Waals surface area contributed by atoms with E-state index in [0.717, 1.165) is 18.6 Å². The van der Waals surface area contributed by atoms with Crippen molar-refractivity contribution in [2.45, 2.75) is 58.3 Å². The number of nitrogens with zero attached hydrogens (tertiary/aromatic N) is 1. The van der Waals surface area contributed by atoms with Crippen molar-refractivity contribution in [3.05, 3.63) is 12.7 Å². The first kappa shape index (κ1) is 13.8. The average Bonchev–Trinajstić information content (AvgIpc) is 2.29. The summed E-state index contributed by atoms with van der Waals surface area (Å²) in [5, 5.41) is 20.4. The summed E-state index contributed by atoms with van der Waals surface area (Å²) in [5.41, 5.74) is 0.243. The molecule has 3 aliphatic carbocycles. The molecule has 102 valence electrons. The molecule has 3 aliphatic rings. The number of aliphatic hydroxyl groups excluding tert-OH is 1. The fraction of sp³-hybridized carbons (Fsp3) is 0.800. The molecule has 0 amide bonds. The Bertz CT molecular complexity index is 384. The summed E-state index contributed by atoms with van der Waals surface area (Å²) in [6.07, 6.45) is 2.80. The maximum atomic E-state index is 10.7. The monoisotopic (exact) mass is 251 g/mol. The van der Waals surface area contributed by atoms with Crippen molar-refractivity contribution in [2.75, 3.05) is 0 Å². The van der Waals surface area contributed by atoms with E-state index in [4.69, 9.17) is 0 Å². The van der Waals surface area contributed by atoms with Crippen molar-refractivity contribution in [3.8, 4) is 0 Å². The quantitative estimate of drug-likeness (QED) is 0.755. The van der Waals surface area contributed by atoms with Gasteiger partial charge in [-0.15, -0.1) is 6.58 Å². The Hall–Kier alpha value is -0.670. The zero-order valence-corrected chi connectivity index (χ0v) is 11.8. The topological polar surface area (TPSA) is 52.8 Å². The van der Waals surface area contributed by atoms with E-state index < -0.39 is 11.7 Å². The lowest BCUT2D eigenvalue weighted by atomic mass is 9.44. The Morgan fingerprint density at radius 2 is 2.06 bits per heavy atom. The molecule has 5 atom stereocenters. The predicted molar refractivity (Wildman–Crippen MR) is 73.7 cm³/mol. The van der Waals surface area contributed by atoms with Crippen LogP contribution in [0.15, 0.2) is 17.6 Å². The van der Waals surface area contributed by atoms with Crippen LogP contribution in [0.1, 0.15) is 40.5 Å². The molecule has 0 saturated heterocycles. The van der Waals surface area contributed by atoms with Gasteiger partial charge in [0, 0.05) is 5.71 Å². The fourth-order valence-electron chi connectivity index (χ4n) is 3.66. The van der Waals surface area contributed by atoms with Gasteiger partial charge >= 0.3 is 0 Å². The number of fused-ring (bicyclic) bond motifs is 2. The van der Waals surface area contributed by atoms with Gasteiger partial charge in [-0.1, -0.05) is 19.9 Å². The SMILES string of the molecule is C=C[C@@H](O)[C@H](C)/N=C1/CC2CC(C2(C)C)[C@@]1(C)O. The van der Waals surface area contributed by atoms with Gasteiger partial charge in [-0.25, -0.2) is 0 Å². The number of rotatable bonds is 3. The van der Waals surface area contributed by atoms with Crippen molar-refractivity contribution >= 4 is 5.71 Å². The van der Waals surface area contributed by atoms with Gasteiger partial charge < -0.3 is 10.2 Å². The number of aliphatic imine (C=N–C) groups is 1. The normalized spacial score (nSPS) is 43.1. The first-order chi connectivity index (χ1) is 8.21. The Morgan fingerprint density at radius 3 is 2.50 bits per heavy atom. The van der Waals surface area contributed by atoms with E-state index in [-0.39, 0.29) is 17.4 Å². The highest BCUT2D eigenvalue weighted by Crippen LogP contribution is 2.61. The lowest BCUT2D eigenvalue weighted by molar-refractivity contribution is -0.134. The maximum Gasteiger partial charge on any atom is 0.103 e. The molecule has 2 unspecified atom stereocenters. The van der Waals surface area contributed by atoms with Crippen LogP contribution in [0.25, 0.3) is 0 Å². The van der Waals surface area contributed by atoms with Gasteiger partial charge in [0.05, 0.1) is 12.1 Å². The van der Waals surface area contributed by atoms with Gasteiger partial charge in [0.2, 0.25) is 0 Å². The van der Waals surface area contributed by atoms with E-state index in [0.29, 0.717) is 5.92 Å². The molecule has 0 aromatic rings. The third kappa shape index (κ3) is 1.84. The van der Waals surface area contributed by atoms with Crippen molar-refractivity contribution in [2.24, 2.45) is 22.2 Å². The fourth-order valence-corrected chi connectivity index (χ4v) is 3.66. The predicted octanol–water partition coefficient (Wildman–Crippen LogP) is 2.18. The molecule has 3 rings (SSSR count). The van der Waals surface area contributed by atoms with Crippen molar-refractivity contribution in [3.63, 3.8) is 0 Å². The van der Waals surface area contributed by atoms with Gasteiger partial charge in [0.15, 0.2) is 0 Å². The second kappa shape index (κ2) is 4.17. The molecule has 0 radical (unpaired) electrons. The molecular formula is C15H25NO2. The van der Waals surface area contributed by atoms with Crippen LogP contribution in [-0.2, 0) is 0 Å². The average molecular weight is 251 g/mol. The largest absolute Gasteiger partial charge is 0.387 e. The maximum absolute atomic E-state index is 10.7. The highest BCUT2D eigenvalue weighted by molar-refractivity contribution is 5.94. The first-order valence-electron chi connectivity index (χ1n) is 6.81. The molecule has 3 saturated carbocycles. The second-order valence-electron chi connectivity index (χ2n) is 6.70. The first-order valence-corrected chi connectivity index (χ1v) is 6.81. The van der Waals surface area contributed by atoms with Crippen LogP contribution >= 0.6 is 0 Å². The van der Waals surface area contributed by atoms with Gasteiger partial charge in [0.1, 0.15) is 5.60 Å². The van der Waals surface area contributed by atoms with Crippen LogP contribution in [0.2, 0.25) is 0 Å². The minimum absolute atomic E-state index is 0.211. The molecule has 0 aromatic carbocycles. The molecule has 3 fully saturated rings. The molecule has 3 heteroatoms. The Balaban J connectivity index is 2.22. The summed E-state index contributed by atoms with van der Waals surface area (Å²) in [6.45, 7) is 11.8. The minimum Gasteiger partial charge on any atom is -0.387 e. The van der Waals surface area contributed by atoms with Crippen LogP contribution in [0.3, 0.4) is 0 Å². The Labute approximate surface area is 110 Å². The van der Waals surface area contributed by atoms with Crippen molar-refractivity contribution < 1.29 is 10.2 Å². The zero-order chi connectivity index (χ0) is 13.7. The minimum atomic E-state index is -0.826. The van der Waals surface area contributed by atoms with Crippen LogP contribution < -0.4 is 0 Å². The van der Waals surface area contributed by atoms with E-state index in [1.807, 2.05) is 13.8 Å². The van der Waals surface area contributed by atoms with E-state index in [2.05, 4.69) is 25.4 Å². The van der Waals surface area contributed by atoms with Crippen molar-refractivity contribution in [1.29, 1.82) is 0 Å². The molecular weight excluding hydrogens is 226 g/mol. The van der Waals surface area contributed by atoms with Gasteiger partial charge in [-0.2, -0.15) is 0 Å². The third-order valence-corrected chi connectivity index (χ3v) is 5.27. The Morgan fingerprint density at radius 1 is 1.44 bits per heavy atom. The van der Waals surface area contributed by atoms with E-state index in [1.165, 1.54) is 6.08 Å². The Kier molecular flexibility index (Phi) is 3.19. The van der Waals surface area contributed by atoms with Gasteiger partial charge in [-0.05, 0) is 43.9 Å². The summed E-state index contributed by atoms with van der Waals surface area (Å²) < 4.78 is 0. The molecule has 3 nitrogen and oxygen atoms in total. The summed E-state index contributed by atoms with van der Waals surface area (Å²) in [6, 6.07) is -0.232. The van der Waals surface area contributed by atoms with E-state index in [9.17, 15) is 10.2 Å².